The number of aliphatic hydroxyl groups excluding tert-OH is 1. The Labute approximate surface area is 511 Å². The van der Waals surface area contributed by atoms with E-state index in [2.05, 4.69) is 55.4 Å². The van der Waals surface area contributed by atoms with Crippen LogP contribution in [0, 0.1) is 23.7 Å². The van der Waals surface area contributed by atoms with Crippen LogP contribution < -0.4 is 0 Å². The molecule has 0 fully saturated rings. The van der Waals surface area contributed by atoms with Crippen molar-refractivity contribution in [1.29, 1.82) is 0 Å². The van der Waals surface area contributed by atoms with Gasteiger partial charge in [0, 0.05) is 25.7 Å². The van der Waals surface area contributed by atoms with Gasteiger partial charge in [-0.05, 0) is 49.4 Å². The number of hydrogen-bond acceptors (Lipinski definition) is 15. The van der Waals surface area contributed by atoms with Gasteiger partial charge in [0.2, 0.25) is 0 Å². The molecule has 0 aromatic rings. The van der Waals surface area contributed by atoms with Gasteiger partial charge in [0.15, 0.2) is 12.2 Å². The summed E-state index contributed by atoms with van der Waals surface area (Å²) in [4.78, 5) is 72.2. The van der Waals surface area contributed by atoms with Crippen LogP contribution in [0.5, 0.6) is 0 Å². The van der Waals surface area contributed by atoms with Crippen LogP contribution in [0.15, 0.2) is 0 Å². The zero-order valence-electron chi connectivity index (χ0n) is 54.5. The van der Waals surface area contributed by atoms with E-state index in [9.17, 15) is 43.2 Å². The maximum atomic E-state index is 13.0. The van der Waals surface area contributed by atoms with Crippen molar-refractivity contribution in [3.8, 4) is 0 Å². The van der Waals surface area contributed by atoms with Crippen LogP contribution >= 0.6 is 15.6 Å². The number of carbonyl (C=O) groups excluding carboxylic acids is 4. The van der Waals surface area contributed by atoms with E-state index in [1.54, 1.807) is 0 Å². The molecule has 0 saturated carbocycles. The Bertz CT molecular complexity index is 1680. The lowest BCUT2D eigenvalue weighted by Gasteiger charge is -2.21. The number of rotatable bonds is 62. The second-order valence-corrected chi connectivity index (χ2v) is 28.1. The number of unbranched alkanes of at least 4 members (excludes halogenated alkanes) is 27. The minimum Gasteiger partial charge on any atom is -0.462 e. The van der Waals surface area contributed by atoms with Gasteiger partial charge in [-0.1, -0.05) is 261 Å². The third-order valence-corrected chi connectivity index (χ3v) is 17.1. The van der Waals surface area contributed by atoms with Crippen molar-refractivity contribution in [3.05, 3.63) is 0 Å². The van der Waals surface area contributed by atoms with E-state index in [1.165, 1.54) is 109 Å². The molecular weight excluding hydrogens is 1110 g/mol. The second kappa shape index (κ2) is 55.2. The van der Waals surface area contributed by atoms with Crippen molar-refractivity contribution in [2.75, 3.05) is 39.6 Å². The Kier molecular flexibility index (Phi) is 53.9. The number of aliphatic hydroxyl groups is 1. The summed E-state index contributed by atoms with van der Waals surface area (Å²) in [6.45, 7) is 13.9. The molecule has 0 spiro atoms. The Morgan fingerprint density at radius 1 is 0.333 bits per heavy atom. The molecule has 0 aliphatic rings. The van der Waals surface area contributed by atoms with Crippen molar-refractivity contribution in [1.82, 2.24) is 0 Å². The van der Waals surface area contributed by atoms with E-state index in [0.717, 1.165) is 114 Å². The van der Waals surface area contributed by atoms with E-state index in [4.69, 9.17) is 37.0 Å². The zero-order chi connectivity index (χ0) is 62.5. The summed E-state index contributed by atoms with van der Waals surface area (Å²) < 4.78 is 68.0. The lowest BCUT2D eigenvalue weighted by atomic mass is 10.00. The standard InChI is InChI=1S/C65H126O17P2/c1-9-58(8)44-36-28-23-24-32-40-48-65(70)82-61(52-75-62(67)45-37-29-20-13-11-10-12-17-25-33-41-55(2)3)54-80-84(73,74)78-50-59(66)49-77-83(71,72)79-53-60(51-76-63(68)46-38-30-22-16-19-27-35-43-57(6)7)81-64(69)47-39-31-21-15-14-18-26-34-42-56(4)5/h55-61,66H,9-54H2,1-8H3,(H,71,72)(H,73,74)/t58?,59?,60-,61-/m1/s1. The SMILES string of the molecule is CCC(C)CCCCCCCCC(=O)O[C@H](COC(=O)CCCCCCCCCCCCC(C)C)COP(=O)(O)OCC(O)COP(=O)(O)OC[C@@H](COC(=O)CCCCCCCCCC(C)C)OC(=O)CCCCCCCCCCC(C)C. The van der Waals surface area contributed by atoms with E-state index >= 15 is 0 Å². The maximum Gasteiger partial charge on any atom is 0.472 e. The predicted molar refractivity (Wildman–Crippen MR) is 335 cm³/mol. The van der Waals surface area contributed by atoms with Gasteiger partial charge in [0.05, 0.1) is 26.4 Å². The van der Waals surface area contributed by atoms with Gasteiger partial charge < -0.3 is 33.8 Å². The molecule has 0 rings (SSSR count). The first-order chi connectivity index (χ1) is 40.1. The minimum atomic E-state index is -4.95. The molecule has 0 aromatic heterocycles. The van der Waals surface area contributed by atoms with Crippen molar-refractivity contribution < 1.29 is 80.2 Å². The first-order valence-corrected chi connectivity index (χ1v) is 36.7. The molecule has 0 bridgehead atoms. The highest BCUT2D eigenvalue weighted by molar-refractivity contribution is 7.47. The molecule has 0 amide bonds. The molecule has 0 aliphatic heterocycles. The first-order valence-electron chi connectivity index (χ1n) is 33.7. The molecule has 0 aliphatic carbocycles. The smallest absolute Gasteiger partial charge is 0.462 e. The van der Waals surface area contributed by atoms with Gasteiger partial charge in [-0.3, -0.25) is 37.3 Å². The van der Waals surface area contributed by atoms with Gasteiger partial charge in [0.1, 0.15) is 19.3 Å². The van der Waals surface area contributed by atoms with Crippen LogP contribution in [-0.4, -0.2) is 96.7 Å². The summed E-state index contributed by atoms with van der Waals surface area (Å²) >= 11 is 0. The molecule has 17 nitrogen and oxygen atoms in total. The molecule has 3 N–H and O–H groups in total. The zero-order valence-corrected chi connectivity index (χ0v) is 56.3. The van der Waals surface area contributed by atoms with E-state index in [0.29, 0.717) is 31.6 Å². The molecule has 0 aromatic carbocycles. The Balaban J connectivity index is 5.25. The summed E-state index contributed by atoms with van der Waals surface area (Å²) in [7, 11) is -9.89. The highest BCUT2D eigenvalue weighted by Gasteiger charge is 2.30. The molecule has 4 unspecified atom stereocenters. The summed E-state index contributed by atoms with van der Waals surface area (Å²) in [5.41, 5.74) is 0. The van der Waals surface area contributed by atoms with Gasteiger partial charge in [-0.15, -0.1) is 0 Å². The van der Waals surface area contributed by atoms with Gasteiger partial charge in [-0.25, -0.2) is 9.13 Å². The van der Waals surface area contributed by atoms with Crippen LogP contribution in [-0.2, 0) is 65.4 Å². The largest absolute Gasteiger partial charge is 0.472 e. The average Bonchev–Trinajstić information content (AvgIpc) is 3.47. The third-order valence-electron chi connectivity index (χ3n) is 15.2. The Morgan fingerprint density at radius 2 is 0.571 bits per heavy atom. The van der Waals surface area contributed by atoms with Crippen molar-refractivity contribution in [2.45, 2.75) is 331 Å². The summed E-state index contributed by atoms with van der Waals surface area (Å²) in [5.74, 6) is 0.761. The van der Waals surface area contributed by atoms with E-state index in [-0.39, 0.29) is 25.7 Å². The van der Waals surface area contributed by atoms with Crippen molar-refractivity contribution in [3.63, 3.8) is 0 Å². The van der Waals surface area contributed by atoms with Gasteiger partial charge >= 0.3 is 39.5 Å². The Hall–Kier alpha value is -1.94. The van der Waals surface area contributed by atoms with Crippen LogP contribution in [0.1, 0.15) is 312 Å². The molecule has 0 radical (unpaired) electrons. The summed E-state index contributed by atoms with van der Waals surface area (Å²) in [6, 6.07) is 0. The molecular formula is C65H126O17P2. The third kappa shape index (κ3) is 57.8. The second-order valence-electron chi connectivity index (χ2n) is 25.2. The molecule has 498 valence electrons. The highest BCUT2D eigenvalue weighted by Crippen LogP contribution is 2.45. The van der Waals surface area contributed by atoms with Crippen LogP contribution in [0.3, 0.4) is 0 Å². The lowest BCUT2D eigenvalue weighted by molar-refractivity contribution is -0.161. The number of phosphoric ester groups is 2. The fraction of sp³-hybridized carbons (Fsp3) is 0.938. The first kappa shape index (κ1) is 82.1. The summed E-state index contributed by atoms with van der Waals surface area (Å²) in [5, 5.41) is 10.5. The van der Waals surface area contributed by atoms with Gasteiger partial charge in [0.25, 0.3) is 0 Å². The Morgan fingerprint density at radius 3 is 0.845 bits per heavy atom. The fourth-order valence-corrected chi connectivity index (χ4v) is 11.2. The molecule has 19 heteroatoms. The molecule has 0 saturated heterocycles. The number of hydrogen-bond donors (Lipinski definition) is 3. The van der Waals surface area contributed by atoms with Crippen LogP contribution in [0.25, 0.3) is 0 Å². The number of esters is 4. The number of ether oxygens (including phenoxy) is 4. The maximum absolute atomic E-state index is 13.0. The highest BCUT2D eigenvalue weighted by atomic mass is 31.2. The molecule has 0 heterocycles. The van der Waals surface area contributed by atoms with Gasteiger partial charge in [-0.2, -0.15) is 0 Å². The fourth-order valence-electron chi connectivity index (χ4n) is 9.57. The average molecular weight is 1240 g/mol. The quantitative estimate of drug-likeness (QED) is 0.0222. The van der Waals surface area contributed by atoms with E-state index in [1.807, 2.05) is 0 Å². The predicted octanol–water partition coefficient (Wildman–Crippen LogP) is 17.8. The minimum absolute atomic E-state index is 0.102. The molecule has 6 atom stereocenters. The number of carbonyl (C=O) groups is 4. The van der Waals surface area contributed by atoms with Crippen molar-refractivity contribution in [2.24, 2.45) is 23.7 Å². The van der Waals surface area contributed by atoms with Crippen LogP contribution in [0.4, 0.5) is 0 Å². The van der Waals surface area contributed by atoms with Crippen molar-refractivity contribution >= 4 is 39.5 Å². The van der Waals surface area contributed by atoms with E-state index < -0.39 is 97.5 Å². The monoisotopic (exact) mass is 1240 g/mol. The number of phosphoric acid groups is 2. The topological polar surface area (TPSA) is 237 Å². The normalized spacial score (nSPS) is 14.7. The lowest BCUT2D eigenvalue weighted by Crippen LogP contribution is -2.30. The van der Waals surface area contributed by atoms with Crippen LogP contribution in [0.2, 0.25) is 0 Å². The summed E-state index contributed by atoms with van der Waals surface area (Å²) in [6.07, 6.45) is 35.0. The molecule has 84 heavy (non-hydrogen) atoms.